The molecule has 2 atom stereocenters. The molecule has 1 heterocycles. The van der Waals surface area contributed by atoms with Crippen molar-refractivity contribution in [1.29, 1.82) is 0 Å². The predicted molar refractivity (Wildman–Crippen MR) is 142 cm³/mol. The predicted octanol–water partition coefficient (Wildman–Crippen LogP) is 4.16. The van der Waals surface area contributed by atoms with Gasteiger partial charge in [-0.2, -0.15) is 0 Å². The number of nitrogens with one attached hydrogen (secondary N) is 2. The third-order valence-corrected chi connectivity index (χ3v) is 6.69. The van der Waals surface area contributed by atoms with E-state index >= 15 is 0 Å². The zero-order valence-corrected chi connectivity index (χ0v) is 22.7. The smallest absolute Gasteiger partial charge is 0.258 e. The Morgan fingerprint density at radius 3 is 2.56 bits per heavy atom. The molecule has 10 heteroatoms. The van der Waals surface area contributed by atoms with Crippen LogP contribution in [0.15, 0.2) is 40.1 Å². The van der Waals surface area contributed by atoms with Gasteiger partial charge in [0.05, 0.1) is 5.55 Å². The van der Waals surface area contributed by atoms with Crippen LogP contribution in [0.1, 0.15) is 66.7 Å². The maximum absolute atomic E-state index is 14.3. The molecular formula is C26H39FN4O4S. The minimum Gasteiger partial charge on any atom is -0.508 e. The topological polar surface area (TPSA) is 111 Å². The molecule has 36 heavy (non-hydrogen) atoms. The number of aliphatic imine (C=N–C) groups is 1. The third-order valence-electron chi connectivity index (χ3n) is 6.05. The molecule has 2 aliphatic rings. The molecule has 8 nitrogen and oxygen atoms in total. The standard InChI is InChI=1S/C26H39FN4O4S/c1-7-9-20(32)18(15-36-16-29-17(2)3)14-28-22(33)19-10-8-13-31(19)23(34)21(25(4,5)6)30-24(35)26(27)11-12-26/h9,15-16,19,21,32H,2,7-8,10-14H2,1,3-6H3,(H,28,33)(H,30,35)/b18-15-,20-9+,29-16?/t19-,21+/m0/s1. The summed E-state index contributed by atoms with van der Waals surface area (Å²) in [7, 11) is 0. The Morgan fingerprint density at radius 2 is 2.00 bits per heavy atom. The van der Waals surface area contributed by atoms with Crippen molar-refractivity contribution in [3.8, 4) is 0 Å². The van der Waals surface area contributed by atoms with E-state index in [-0.39, 0.29) is 31.1 Å². The van der Waals surface area contributed by atoms with E-state index in [4.69, 9.17) is 0 Å². The summed E-state index contributed by atoms with van der Waals surface area (Å²) < 4.78 is 14.3. The van der Waals surface area contributed by atoms with Gasteiger partial charge in [-0.3, -0.25) is 19.4 Å². The van der Waals surface area contributed by atoms with Crippen LogP contribution in [-0.2, 0) is 14.4 Å². The van der Waals surface area contributed by atoms with Gasteiger partial charge in [0.1, 0.15) is 17.8 Å². The van der Waals surface area contributed by atoms with Crippen LogP contribution >= 0.6 is 11.8 Å². The van der Waals surface area contributed by atoms with Gasteiger partial charge in [-0.05, 0) is 55.9 Å². The average Bonchev–Trinajstić information content (AvgIpc) is 3.35. The molecule has 1 saturated heterocycles. The van der Waals surface area contributed by atoms with Crippen LogP contribution in [0.4, 0.5) is 4.39 Å². The fraction of sp³-hybridized carbons (Fsp3) is 0.615. The number of thioether (sulfide) groups is 1. The number of rotatable bonds is 11. The molecule has 3 N–H and O–H groups in total. The molecule has 0 aromatic heterocycles. The molecule has 2 fully saturated rings. The first kappa shape index (κ1) is 29.6. The van der Waals surface area contributed by atoms with Gasteiger partial charge in [-0.25, -0.2) is 4.39 Å². The summed E-state index contributed by atoms with van der Waals surface area (Å²) in [5.41, 5.74) is 0.183. The Bertz CT molecular complexity index is 950. The number of allylic oxidation sites excluding steroid dienone is 2. The lowest BCUT2D eigenvalue weighted by Gasteiger charge is -2.35. The molecule has 1 saturated carbocycles. The first-order valence-corrected chi connectivity index (χ1v) is 13.2. The number of halogens is 1. The zero-order valence-electron chi connectivity index (χ0n) is 21.9. The van der Waals surface area contributed by atoms with Gasteiger partial charge < -0.3 is 20.6 Å². The number of carbonyl (C=O) groups excluding carboxylic acids is 3. The highest BCUT2D eigenvalue weighted by Crippen LogP contribution is 2.40. The highest BCUT2D eigenvalue weighted by atomic mass is 32.2. The van der Waals surface area contributed by atoms with E-state index in [0.717, 1.165) is 0 Å². The summed E-state index contributed by atoms with van der Waals surface area (Å²) in [5.74, 6) is -1.45. The second kappa shape index (κ2) is 12.6. The first-order valence-electron chi connectivity index (χ1n) is 12.3. The minimum atomic E-state index is -1.89. The number of carbonyl (C=O) groups is 3. The zero-order chi connectivity index (χ0) is 27.1. The Hall–Kier alpha value is -2.62. The van der Waals surface area contributed by atoms with Crippen LogP contribution in [0, 0.1) is 5.41 Å². The van der Waals surface area contributed by atoms with Crippen LogP contribution in [-0.4, -0.2) is 64.1 Å². The maximum Gasteiger partial charge on any atom is 0.258 e. The molecule has 0 radical (unpaired) electrons. The number of aliphatic hydroxyl groups excluding tert-OH is 1. The normalized spacial score (nSPS) is 20.8. The minimum absolute atomic E-state index is 0.0594. The summed E-state index contributed by atoms with van der Waals surface area (Å²) in [6, 6.07) is -1.67. The summed E-state index contributed by atoms with van der Waals surface area (Å²) in [6.45, 7) is 13.2. The Kier molecular flexibility index (Phi) is 10.3. The lowest BCUT2D eigenvalue weighted by atomic mass is 9.85. The van der Waals surface area contributed by atoms with E-state index in [2.05, 4.69) is 22.2 Å². The number of aliphatic hydroxyl groups is 1. The average molecular weight is 523 g/mol. The second-order valence-corrected chi connectivity index (χ2v) is 11.1. The SMILES string of the molecule is C=C(C)N=CS/C=C(CNC(=O)[C@@H]1CCCN1C(=O)[C@@H](NC(=O)C1(F)CC1)C(C)(C)C)\C(O)=C/CC. The lowest BCUT2D eigenvalue weighted by molar-refractivity contribution is -0.144. The molecule has 0 spiro atoms. The fourth-order valence-corrected chi connectivity index (χ4v) is 4.43. The van der Waals surface area contributed by atoms with E-state index in [0.29, 0.717) is 37.1 Å². The summed E-state index contributed by atoms with van der Waals surface area (Å²) in [4.78, 5) is 44.5. The summed E-state index contributed by atoms with van der Waals surface area (Å²) in [5, 5.41) is 17.5. The quantitative estimate of drug-likeness (QED) is 0.163. The monoisotopic (exact) mass is 522 g/mol. The van der Waals surface area contributed by atoms with E-state index < -0.39 is 35.0 Å². The molecule has 1 aliphatic carbocycles. The maximum atomic E-state index is 14.3. The van der Waals surface area contributed by atoms with Crippen molar-refractivity contribution >= 4 is 35.0 Å². The Balaban J connectivity index is 2.11. The van der Waals surface area contributed by atoms with E-state index in [1.807, 2.05) is 6.92 Å². The van der Waals surface area contributed by atoms with Gasteiger partial charge in [-0.1, -0.05) is 46.0 Å². The molecule has 2 rings (SSSR count). The van der Waals surface area contributed by atoms with Crippen LogP contribution < -0.4 is 10.6 Å². The number of likely N-dealkylation sites (tertiary alicyclic amines) is 1. The van der Waals surface area contributed by atoms with Gasteiger partial charge in [0, 0.05) is 24.4 Å². The molecule has 1 aliphatic heterocycles. The number of hydrogen-bond donors (Lipinski definition) is 3. The highest BCUT2D eigenvalue weighted by Gasteiger charge is 2.53. The van der Waals surface area contributed by atoms with Crippen molar-refractivity contribution in [3.05, 3.63) is 35.1 Å². The van der Waals surface area contributed by atoms with Crippen molar-refractivity contribution in [2.75, 3.05) is 13.1 Å². The molecule has 0 bridgehead atoms. The Labute approximate surface area is 217 Å². The van der Waals surface area contributed by atoms with Crippen molar-refractivity contribution < 1.29 is 23.9 Å². The van der Waals surface area contributed by atoms with E-state index in [9.17, 15) is 23.9 Å². The van der Waals surface area contributed by atoms with Crippen LogP contribution in [0.25, 0.3) is 0 Å². The fourth-order valence-electron chi connectivity index (χ4n) is 3.76. The largest absolute Gasteiger partial charge is 0.508 e. The summed E-state index contributed by atoms with van der Waals surface area (Å²) in [6.07, 6.45) is 3.70. The molecule has 200 valence electrons. The number of nitrogens with zero attached hydrogens (tertiary/aromatic N) is 2. The third kappa shape index (κ3) is 8.21. The van der Waals surface area contributed by atoms with Gasteiger partial charge in [-0.15, -0.1) is 0 Å². The number of alkyl halides is 1. The molecule has 0 unspecified atom stereocenters. The first-order chi connectivity index (χ1) is 16.8. The number of amides is 3. The second-order valence-electron chi connectivity index (χ2n) is 10.4. The van der Waals surface area contributed by atoms with Gasteiger partial charge in [0.25, 0.3) is 5.91 Å². The van der Waals surface area contributed by atoms with Gasteiger partial charge in [0.2, 0.25) is 11.8 Å². The molecule has 0 aromatic rings. The molecular weight excluding hydrogens is 483 g/mol. The van der Waals surface area contributed by atoms with Crippen molar-refractivity contribution in [1.82, 2.24) is 15.5 Å². The van der Waals surface area contributed by atoms with E-state index in [1.54, 1.807) is 44.7 Å². The van der Waals surface area contributed by atoms with Crippen molar-refractivity contribution in [2.24, 2.45) is 10.4 Å². The van der Waals surface area contributed by atoms with Crippen LogP contribution in [0.5, 0.6) is 0 Å². The van der Waals surface area contributed by atoms with Crippen LogP contribution in [0.3, 0.4) is 0 Å². The molecule has 0 aromatic carbocycles. The Morgan fingerprint density at radius 1 is 1.33 bits per heavy atom. The lowest BCUT2D eigenvalue weighted by Crippen LogP contribution is -2.59. The molecule has 3 amide bonds. The van der Waals surface area contributed by atoms with Gasteiger partial charge >= 0.3 is 0 Å². The summed E-state index contributed by atoms with van der Waals surface area (Å²) >= 11 is 1.25. The van der Waals surface area contributed by atoms with Crippen molar-refractivity contribution in [3.63, 3.8) is 0 Å². The highest BCUT2D eigenvalue weighted by molar-refractivity contribution is 8.14. The van der Waals surface area contributed by atoms with Crippen molar-refractivity contribution in [2.45, 2.75) is 84.5 Å². The number of hydrogen-bond acceptors (Lipinski definition) is 6. The van der Waals surface area contributed by atoms with Crippen LogP contribution in [0.2, 0.25) is 0 Å². The van der Waals surface area contributed by atoms with Gasteiger partial charge in [0.15, 0.2) is 5.67 Å². The van der Waals surface area contributed by atoms with E-state index in [1.165, 1.54) is 16.7 Å².